The molecule has 0 bridgehead atoms. The number of nitrogens with zero attached hydrogens (tertiary/aromatic N) is 1. The molecular formula is C19H22FN3O2S. The van der Waals surface area contributed by atoms with E-state index >= 15 is 0 Å². The van der Waals surface area contributed by atoms with Crippen LogP contribution in [-0.4, -0.2) is 35.8 Å². The van der Waals surface area contributed by atoms with E-state index in [9.17, 15) is 14.0 Å². The molecular weight excluding hydrogens is 353 g/mol. The van der Waals surface area contributed by atoms with Crippen molar-refractivity contribution in [2.45, 2.75) is 32.5 Å². The third-order valence-electron chi connectivity index (χ3n) is 4.38. The number of thiophene rings is 1. The normalized spacial score (nSPS) is 17.8. The number of nitrogens with one attached hydrogen (secondary N) is 2. The fourth-order valence-electron chi connectivity index (χ4n) is 3.01. The van der Waals surface area contributed by atoms with Crippen molar-refractivity contribution in [1.82, 2.24) is 15.5 Å². The van der Waals surface area contributed by atoms with Crippen LogP contribution in [0, 0.1) is 12.7 Å². The maximum absolute atomic E-state index is 13.1. The van der Waals surface area contributed by atoms with Crippen molar-refractivity contribution in [3.8, 4) is 0 Å². The molecule has 2 N–H and O–H groups in total. The number of piperazine rings is 1. The highest BCUT2D eigenvalue weighted by Gasteiger charge is 2.31. The predicted molar refractivity (Wildman–Crippen MR) is 99.1 cm³/mol. The number of hydrogen-bond donors (Lipinski definition) is 2. The number of amides is 2. The summed E-state index contributed by atoms with van der Waals surface area (Å²) in [7, 11) is 0. The van der Waals surface area contributed by atoms with Crippen molar-refractivity contribution in [2.24, 2.45) is 0 Å². The first-order valence-electron chi connectivity index (χ1n) is 8.59. The van der Waals surface area contributed by atoms with E-state index in [4.69, 9.17) is 0 Å². The molecule has 0 aliphatic carbocycles. The Hall–Kier alpha value is -2.25. The topological polar surface area (TPSA) is 61.4 Å². The quantitative estimate of drug-likeness (QED) is 0.814. The van der Waals surface area contributed by atoms with Crippen molar-refractivity contribution < 1.29 is 14.0 Å². The number of benzene rings is 1. The second-order valence-corrected chi connectivity index (χ2v) is 7.77. The van der Waals surface area contributed by atoms with E-state index in [1.807, 2.05) is 24.0 Å². The van der Waals surface area contributed by atoms with Gasteiger partial charge in [0.15, 0.2) is 0 Å². The summed E-state index contributed by atoms with van der Waals surface area (Å²) >= 11 is 1.64. The van der Waals surface area contributed by atoms with Crippen LogP contribution in [0.5, 0.6) is 0 Å². The van der Waals surface area contributed by atoms with E-state index in [0.29, 0.717) is 26.2 Å². The van der Waals surface area contributed by atoms with Crippen LogP contribution in [0.15, 0.2) is 36.4 Å². The lowest BCUT2D eigenvalue weighted by Gasteiger charge is -2.34. The Kier molecular flexibility index (Phi) is 6.00. The third kappa shape index (κ3) is 4.89. The molecule has 1 aliphatic rings. The van der Waals surface area contributed by atoms with Gasteiger partial charge in [0, 0.05) is 29.4 Å². The van der Waals surface area contributed by atoms with Gasteiger partial charge in [-0.2, -0.15) is 0 Å². The molecule has 1 atom stereocenters. The average Bonchev–Trinajstić information content (AvgIpc) is 3.03. The highest BCUT2D eigenvalue weighted by molar-refractivity contribution is 7.11. The van der Waals surface area contributed by atoms with Crippen molar-refractivity contribution in [1.29, 1.82) is 0 Å². The number of carbonyl (C=O) groups excluding carboxylic acids is 2. The van der Waals surface area contributed by atoms with Crippen LogP contribution in [-0.2, 0) is 22.7 Å². The van der Waals surface area contributed by atoms with Crippen LogP contribution in [0.2, 0.25) is 0 Å². The minimum atomic E-state index is -0.515. The van der Waals surface area contributed by atoms with Gasteiger partial charge in [-0.1, -0.05) is 12.1 Å². The summed E-state index contributed by atoms with van der Waals surface area (Å²) in [5, 5.41) is 5.71. The largest absolute Gasteiger partial charge is 0.353 e. The second kappa shape index (κ2) is 8.42. The maximum Gasteiger partial charge on any atom is 0.237 e. The molecule has 1 aromatic carbocycles. The third-order valence-corrected chi connectivity index (χ3v) is 5.38. The molecule has 1 saturated heterocycles. The fraction of sp³-hybridized carbons (Fsp3) is 0.368. The van der Waals surface area contributed by atoms with E-state index in [1.165, 1.54) is 17.0 Å². The Labute approximate surface area is 156 Å². The molecule has 0 saturated carbocycles. The van der Waals surface area contributed by atoms with Gasteiger partial charge in [-0.15, -0.1) is 11.3 Å². The lowest BCUT2D eigenvalue weighted by Crippen LogP contribution is -2.56. The zero-order valence-electron chi connectivity index (χ0n) is 14.6. The zero-order chi connectivity index (χ0) is 18.5. The molecule has 1 aliphatic heterocycles. The van der Waals surface area contributed by atoms with Gasteiger partial charge in [-0.3, -0.25) is 14.5 Å². The molecule has 1 aromatic heterocycles. The molecule has 26 heavy (non-hydrogen) atoms. The Morgan fingerprint density at radius 1 is 1.31 bits per heavy atom. The zero-order valence-corrected chi connectivity index (χ0v) is 15.4. The minimum absolute atomic E-state index is 0.109. The van der Waals surface area contributed by atoms with Crippen LogP contribution in [0.1, 0.15) is 21.7 Å². The summed E-state index contributed by atoms with van der Waals surface area (Å²) in [4.78, 5) is 28.9. The first-order valence-corrected chi connectivity index (χ1v) is 9.41. The lowest BCUT2D eigenvalue weighted by molar-refractivity contribution is -0.134. The summed E-state index contributed by atoms with van der Waals surface area (Å²) in [6.07, 6.45) is 0.109. The average molecular weight is 375 g/mol. The van der Waals surface area contributed by atoms with Crippen molar-refractivity contribution in [2.75, 3.05) is 13.1 Å². The molecule has 1 unspecified atom stereocenters. The van der Waals surface area contributed by atoms with Crippen LogP contribution in [0.3, 0.4) is 0 Å². The number of halogens is 1. The second-order valence-electron chi connectivity index (χ2n) is 6.40. The smallest absolute Gasteiger partial charge is 0.237 e. The lowest BCUT2D eigenvalue weighted by atomic mass is 10.1. The highest BCUT2D eigenvalue weighted by atomic mass is 32.1. The first-order chi connectivity index (χ1) is 12.5. The maximum atomic E-state index is 13.1. The van der Waals surface area contributed by atoms with E-state index in [1.54, 1.807) is 23.5 Å². The molecule has 3 rings (SSSR count). The van der Waals surface area contributed by atoms with Crippen LogP contribution >= 0.6 is 11.3 Å². The van der Waals surface area contributed by atoms with Crippen LogP contribution < -0.4 is 10.6 Å². The van der Waals surface area contributed by atoms with Gasteiger partial charge in [0.05, 0.1) is 19.0 Å². The van der Waals surface area contributed by atoms with E-state index in [0.717, 1.165) is 10.4 Å². The van der Waals surface area contributed by atoms with Crippen molar-refractivity contribution in [3.05, 3.63) is 57.5 Å². The number of aryl methyl sites for hydroxylation is 1. The van der Waals surface area contributed by atoms with Crippen LogP contribution in [0.25, 0.3) is 0 Å². The molecule has 0 radical (unpaired) electrons. The van der Waals surface area contributed by atoms with Gasteiger partial charge < -0.3 is 10.6 Å². The number of hydrogen-bond acceptors (Lipinski definition) is 4. The molecule has 2 heterocycles. The van der Waals surface area contributed by atoms with E-state index < -0.39 is 6.04 Å². The predicted octanol–water partition coefficient (Wildman–Crippen LogP) is 2.20. The summed E-state index contributed by atoms with van der Waals surface area (Å²) in [6.45, 7) is 4.22. The Morgan fingerprint density at radius 2 is 2.08 bits per heavy atom. The van der Waals surface area contributed by atoms with Gasteiger partial charge in [0.2, 0.25) is 11.8 Å². The molecule has 138 valence electrons. The fourth-order valence-corrected chi connectivity index (χ4v) is 3.84. The SMILES string of the molecule is Cc1ccc(CNC(=O)CC2C(=O)NCCN2Cc2ccc(F)cc2)s1. The summed E-state index contributed by atoms with van der Waals surface area (Å²) in [6, 6.07) is 9.73. The molecule has 2 aromatic rings. The van der Waals surface area contributed by atoms with Gasteiger partial charge in [0.25, 0.3) is 0 Å². The monoisotopic (exact) mass is 375 g/mol. The van der Waals surface area contributed by atoms with Gasteiger partial charge in [-0.05, 0) is 36.8 Å². The summed E-state index contributed by atoms with van der Waals surface area (Å²) in [5.74, 6) is -0.576. The van der Waals surface area contributed by atoms with Crippen molar-refractivity contribution >= 4 is 23.2 Å². The molecule has 2 amide bonds. The molecule has 1 fully saturated rings. The van der Waals surface area contributed by atoms with Gasteiger partial charge >= 0.3 is 0 Å². The van der Waals surface area contributed by atoms with Gasteiger partial charge in [-0.25, -0.2) is 4.39 Å². The van der Waals surface area contributed by atoms with Crippen LogP contribution in [0.4, 0.5) is 4.39 Å². The summed E-state index contributed by atoms with van der Waals surface area (Å²) in [5.41, 5.74) is 0.917. The van der Waals surface area contributed by atoms with Crippen molar-refractivity contribution in [3.63, 3.8) is 0 Å². The Bertz CT molecular complexity index is 775. The standard InChI is InChI=1S/C19H22FN3O2S/c1-13-2-7-16(26-13)11-22-18(24)10-17-19(25)21-8-9-23(17)12-14-3-5-15(20)6-4-14/h2-7,17H,8-12H2,1H3,(H,21,25)(H,22,24). The number of rotatable bonds is 6. The Balaban J connectivity index is 1.59. The minimum Gasteiger partial charge on any atom is -0.353 e. The van der Waals surface area contributed by atoms with Gasteiger partial charge in [0.1, 0.15) is 5.82 Å². The summed E-state index contributed by atoms with van der Waals surface area (Å²) < 4.78 is 13.1. The highest BCUT2D eigenvalue weighted by Crippen LogP contribution is 2.16. The molecule has 0 spiro atoms. The van der Waals surface area contributed by atoms with E-state index in [-0.39, 0.29) is 24.1 Å². The first kappa shape index (κ1) is 18.5. The Morgan fingerprint density at radius 3 is 2.77 bits per heavy atom. The number of carbonyl (C=O) groups is 2. The van der Waals surface area contributed by atoms with E-state index in [2.05, 4.69) is 10.6 Å². The molecule has 5 nitrogen and oxygen atoms in total. The molecule has 7 heteroatoms.